The number of aromatic hydroxyl groups is 1. The van der Waals surface area contributed by atoms with Crippen LogP contribution in [-0.4, -0.2) is 15.9 Å². The van der Waals surface area contributed by atoms with Crippen molar-refractivity contribution in [2.45, 2.75) is 13.5 Å². The molecular weight excluding hydrogens is 316 g/mol. The molecule has 0 radical (unpaired) electrons. The van der Waals surface area contributed by atoms with Crippen molar-refractivity contribution < 1.29 is 9.52 Å². The average Bonchev–Trinajstić information content (AvgIpc) is 3.09. The van der Waals surface area contributed by atoms with E-state index in [0.29, 0.717) is 15.4 Å². The number of rotatable bonds is 4. The highest BCUT2D eigenvalue weighted by molar-refractivity contribution is 7.73. The molecule has 0 saturated heterocycles. The van der Waals surface area contributed by atoms with Crippen molar-refractivity contribution in [3.63, 3.8) is 0 Å². The summed E-state index contributed by atoms with van der Waals surface area (Å²) in [6.07, 6.45) is 3.24. The molecule has 0 spiro atoms. The zero-order valence-electron chi connectivity index (χ0n) is 11.9. The van der Waals surface area contributed by atoms with Gasteiger partial charge in [0.25, 0.3) is 0 Å². The number of benzene rings is 1. The molecule has 0 aliphatic rings. The number of thiazole rings is 1. The standard InChI is InChI=1S/C16H14N2O2S2/c1-11-4-2-5-12(8-11)17-9-14-15(19)18(16(21)22-14)10-13-6-3-7-20-13/h2-9,19H,10H2,1H3. The first-order valence-electron chi connectivity index (χ1n) is 6.69. The summed E-state index contributed by atoms with van der Waals surface area (Å²) in [5, 5.41) is 10.3. The van der Waals surface area contributed by atoms with Crippen molar-refractivity contribution in [1.29, 1.82) is 0 Å². The molecule has 0 unspecified atom stereocenters. The molecule has 0 fully saturated rings. The maximum atomic E-state index is 10.3. The third-order valence-corrected chi connectivity index (χ3v) is 4.49. The Morgan fingerprint density at radius 3 is 2.95 bits per heavy atom. The van der Waals surface area contributed by atoms with Crippen molar-refractivity contribution in [3.8, 4) is 5.88 Å². The number of hydrogen-bond donors (Lipinski definition) is 1. The molecule has 22 heavy (non-hydrogen) atoms. The van der Waals surface area contributed by atoms with E-state index in [9.17, 15) is 5.11 Å². The van der Waals surface area contributed by atoms with Crippen molar-refractivity contribution in [2.24, 2.45) is 4.99 Å². The highest BCUT2D eigenvalue weighted by Crippen LogP contribution is 2.26. The molecule has 3 rings (SSSR count). The van der Waals surface area contributed by atoms with Gasteiger partial charge in [-0.1, -0.05) is 23.5 Å². The smallest absolute Gasteiger partial charge is 0.212 e. The third-order valence-electron chi connectivity index (χ3n) is 3.12. The number of aliphatic imine (C=N–C) groups is 1. The summed E-state index contributed by atoms with van der Waals surface area (Å²) in [6.45, 7) is 2.42. The minimum atomic E-state index is 0.114. The molecule has 3 aromatic rings. The predicted molar refractivity (Wildman–Crippen MR) is 91.1 cm³/mol. The summed E-state index contributed by atoms with van der Waals surface area (Å²) < 4.78 is 7.51. The maximum absolute atomic E-state index is 10.3. The van der Waals surface area contributed by atoms with Gasteiger partial charge in [-0.05, 0) is 49.0 Å². The Hall–Kier alpha value is -2.18. The molecule has 0 amide bonds. The quantitative estimate of drug-likeness (QED) is 0.558. The SMILES string of the molecule is Cc1cccc(N=Cc2sc(=S)n(Cc3ccco3)c2O)c1. The van der Waals surface area contributed by atoms with Crippen molar-refractivity contribution >= 4 is 35.5 Å². The molecule has 112 valence electrons. The van der Waals surface area contributed by atoms with Gasteiger partial charge in [0.05, 0.1) is 24.7 Å². The molecule has 1 aromatic carbocycles. The summed E-state index contributed by atoms with van der Waals surface area (Å²) in [4.78, 5) is 5.03. The van der Waals surface area contributed by atoms with Crippen LogP contribution in [0.25, 0.3) is 0 Å². The van der Waals surface area contributed by atoms with Gasteiger partial charge in [-0.3, -0.25) is 9.56 Å². The predicted octanol–water partition coefficient (Wildman–Crippen LogP) is 4.69. The first-order chi connectivity index (χ1) is 10.6. The van der Waals surface area contributed by atoms with E-state index in [2.05, 4.69) is 4.99 Å². The van der Waals surface area contributed by atoms with Gasteiger partial charge in [0.1, 0.15) is 10.6 Å². The van der Waals surface area contributed by atoms with Crippen LogP contribution in [0.5, 0.6) is 5.88 Å². The van der Waals surface area contributed by atoms with Gasteiger partial charge in [-0.15, -0.1) is 0 Å². The largest absolute Gasteiger partial charge is 0.493 e. The summed E-state index contributed by atoms with van der Waals surface area (Å²) in [5.74, 6) is 0.856. The highest BCUT2D eigenvalue weighted by Gasteiger charge is 2.11. The van der Waals surface area contributed by atoms with Crippen LogP contribution in [-0.2, 0) is 6.54 Å². The lowest BCUT2D eigenvalue weighted by Gasteiger charge is -2.01. The molecule has 4 nitrogen and oxygen atoms in total. The zero-order chi connectivity index (χ0) is 15.5. The van der Waals surface area contributed by atoms with Gasteiger partial charge < -0.3 is 9.52 Å². The Balaban J connectivity index is 1.88. The molecule has 0 saturated carbocycles. The summed E-state index contributed by atoms with van der Waals surface area (Å²) in [7, 11) is 0. The van der Waals surface area contributed by atoms with E-state index < -0.39 is 0 Å². The van der Waals surface area contributed by atoms with E-state index in [4.69, 9.17) is 16.6 Å². The molecule has 0 aliphatic heterocycles. The van der Waals surface area contributed by atoms with E-state index in [1.54, 1.807) is 17.0 Å². The van der Waals surface area contributed by atoms with E-state index in [1.165, 1.54) is 11.3 Å². The zero-order valence-corrected chi connectivity index (χ0v) is 13.5. The van der Waals surface area contributed by atoms with Gasteiger partial charge in [0, 0.05) is 0 Å². The van der Waals surface area contributed by atoms with Crippen LogP contribution in [0.15, 0.2) is 52.1 Å². The Morgan fingerprint density at radius 1 is 1.36 bits per heavy atom. The summed E-state index contributed by atoms with van der Waals surface area (Å²) in [5.41, 5.74) is 1.98. The lowest BCUT2D eigenvalue weighted by atomic mass is 10.2. The molecule has 1 N–H and O–H groups in total. The van der Waals surface area contributed by atoms with Gasteiger partial charge in [-0.2, -0.15) is 0 Å². The number of aryl methyl sites for hydroxylation is 1. The Kier molecular flexibility index (Phi) is 4.22. The van der Waals surface area contributed by atoms with E-state index >= 15 is 0 Å². The minimum absolute atomic E-state index is 0.114. The second-order valence-corrected chi connectivity index (χ2v) is 6.49. The minimum Gasteiger partial charge on any atom is -0.493 e. The van der Waals surface area contributed by atoms with E-state index in [0.717, 1.165) is 17.0 Å². The lowest BCUT2D eigenvalue weighted by Crippen LogP contribution is -1.97. The van der Waals surface area contributed by atoms with Crippen molar-refractivity contribution in [3.05, 3.63) is 62.8 Å². The number of nitrogens with zero attached hydrogens (tertiary/aromatic N) is 2. The lowest BCUT2D eigenvalue weighted by molar-refractivity contribution is 0.407. The molecule has 2 heterocycles. The van der Waals surface area contributed by atoms with Crippen LogP contribution < -0.4 is 0 Å². The topological polar surface area (TPSA) is 50.7 Å². The van der Waals surface area contributed by atoms with E-state index in [1.807, 2.05) is 43.3 Å². The fourth-order valence-electron chi connectivity index (χ4n) is 2.04. The van der Waals surface area contributed by atoms with Crippen molar-refractivity contribution in [1.82, 2.24) is 4.57 Å². The number of hydrogen-bond acceptors (Lipinski definition) is 5. The monoisotopic (exact) mass is 330 g/mol. The normalized spacial score (nSPS) is 11.3. The van der Waals surface area contributed by atoms with Crippen molar-refractivity contribution in [2.75, 3.05) is 0 Å². The molecule has 0 atom stereocenters. The molecule has 0 bridgehead atoms. The summed E-state index contributed by atoms with van der Waals surface area (Å²) >= 11 is 6.63. The van der Waals surface area contributed by atoms with E-state index in [-0.39, 0.29) is 5.88 Å². The van der Waals surface area contributed by atoms with Crippen LogP contribution in [0.4, 0.5) is 5.69 Å². The fourth-order valence-corrected chi connectivity index (χ4v) is 3.21. The Labute approximate surface area is 137 Å². The second-order valence-electron chi connectivity index (χ2n) is 4.82. The molecule has 0 aliphatic carbocycles. The van der Waals surface area contributed by atoms with Crippen LogP contribution >= 0.6 is 23.6 Å². The first-order valence-corrected chi connectivity index (χ1v) is 7.91. The highest BCUT2D eigenvalue weighted by atomic mass is 32.1. The second kappa shape index (κ2) is 6.29. The van der Waals surface area contributed by atoms with Crippen LogP contribution in [0.2, 0.25) is 0 Å². The van der Waals surface area contributed by atoms with Crippen LogP contribution in [0.3, 0.4) is 0 Å². The average molecular weight is 330 g/mol. The molecule has 6 heteroatoms. The van der Waals surface area contributed by atoms with Crippen LogP contribution in [0.1, 0.15) is 16.2 Å². The first kappa shape index (κ1) is 14.7. The number of furan rings is 1. The van der Waals surface area contributed by atoms with Crippen LogP contribution in [0, 0.1) is 10.9 Å². The summed E-state index contributed by atoms with van der Waals surface area (Å²) in [6, 6.07) is 11.5. The van der Waals surface area contributed by atoms with Gasteiger partial charge in [0.15, 0.2) is 3.95 Å². The molecule has 2 aromatic heterocycles. The van der Waals surface area contributed by atoms with Gasteiger partial charge in [0.2, 0.25) is 5.88 Å². The van der Waals surface area contributed by atoms with Gasteiger partial charge in [-0.25, -0.2) is 0 Å². The Morgan fingerprint density at radius 2 is 2.23 bits per heavy atom. The fraction of sp³-hybridized carbons (Fsp3) is 0.125. The maximum Gasteiger partial charge on any atom is 0.212 e. The number of aromatic nitrogens is 1. The Bertz CT molecular complexity index is 861. The molecular formula is C16H14N2O2S2. The van der Waals surface area contributed by atoms with Gasteiger partial charge >= 0.3 is 0 Å². The third kappa shape index (κ3) is 3.18.